The summed E-state index contributed by atoms with van der Waals surface area (Å²) in [6.07, 6.45) is 2.41. The zero-order valence-corrected chi connectivity index (χ0v) is 11.2. The van der Waals surface area contributed by atoms with E-state index < -0.39 is 12.0 Å². The monoisotopic (exact) mass is 269 g/mol. The summed E-state index contributed by atoms with van der Waals surface area (Å²) in [7, 11) is 0. The van der Waals surface area contributed by atoms with Gasteiger partial charge < -0.3 is 14.7 Å². The molecule has 0 aromatic rings. The van der Waals surface area contributed by atoms with Gasteiger partial charge in [0.05, 0.1) is 0 Å². The Labute approximate surface area is 111 Å². The van der Waals surface area contributed by atoms with E-state index in [-0.39, 0.29) is 29.9 Å². The number of aliphatic carboxylic acids is 1. The first-order valence-corrected chi connectivity index (χ1v) is 6.59. The number of hydrogen-bond acceptors (Lipinski definition) is 4. The molecule has 4 atom stereocenters. The predicted molar refractivity (Wildman–Crippen MR) is 65.2 cm³/mol. The summed E-state index contributed by atoms with van der Waals surface area (Å²) in [6, 6.07) is -0.847. The molecule has 0 spiro atoms. The van der Waals surface area contributed by atoms with E-state index in [1.54, 1.807) is 0 Å². The van der Waals surface area contributed by atoms with Gasteiger partial charge in [-0.25, -0.2) is 4.79 Å². The van der Waals surface area contributed by atoms with Gasteiger partial charge in [0, 0.05) is 26.3 Å². The van der Waals surface area contributed by atoms with E-state index in [1.165, 1.54) is 18.7 Å². The summed E-state index contributed by atoms with van der Waals surface area (Å²) in [5, 5.41) is 9.21. The summed E-state index contributed by atoms with van der Waals surface area (Å²) in [5.74, 6) is -1.29. The van der Waals surface area contributed by atoms with Crippen LogP contribution in [-0.4, -0.2) is 46.0 Å². The smallest absolute Gasteiger partial charge is 0.326 e. The number of hydrogen-bond donors (Lipinski definition) is 1. The van der Waals surface area contributed by atoms with Crippen molar-refractivity contribution in [3.05, 3.63) is 0 Å². The SMILES string of the molecule is CC(=O)O[C@@H]1CC[C@H]2C[C@@H](C(=O)O)N(C(C)=O)[C@H]2C1. The summed E-state index contributed by atoms with van der Waals surface area (Å²) < 4.78 is 5.20. The average molecular weight is 269 g/mol. The van der Waals surface area contributed by atoms with Gasteiger partial charge in [-0.05, 0) is 25.2 Å². The Kier molecular flexibility index (Phi) is 3.78. The van der Waals surface area contributed by atoms with Crippen molar-refractivity contribution in [3.8, 4) is 0 Å². The Morgan fingerprint density at radius 3 is 2.37 bits per heavy atom. The highest BCUT2D eigenvalue weighted by atomic mass is 16.5. The van der Waals surface area contributed by atoms with Gasteiger partial charge in [0.1, 0.15) is 12.1 Å². The van der Waals surface area contributed by atoms with Crippen molar-refractivity contribution in [1.82, 2.24) is 4.90 Å². The molecule has 1 aliphatic heterocycles. The number of carboxylic acid groups (broad SMARTS) is 1. The first-order chi connectivity index (χ1) is 8.90. The minimum Gasteiger partial charge on any atom is -0.480 e. The predicted octanol–water partition coefficient (Wildman–Crippen LogP) is 0.792. The summed E-state index contributed by atoms with van der Waals surface area (Å²) >= 11 is 0. The largest absolute Gasteiger partial charge is 0.480 e. The number of nitrogens with zero attached hydrogens (tertiary/aromatic N) is 1. The molecule has 19 heavy (non-hydrogen) atoms. The lowest BCUT2D eigenvalue weighted by Crippen LogP contribution is -2.47. The van der Waals surface area contributed by atoms with Crippen LogP contribution < -0.4 is 0 Å². The van der Waals surface area contributed by atoms with Gasteiger partial charge in [-0.1, -0.05) is 0 Å². The van der Waals surface area contributed by atoms with Gasteiger partial charge in [-0.3, -0.25) is 9.59 Å². The van der Waals surface area contributed by atoms with E-state index in [9.17, 15) is 19.5 Å². The van der Waals surface area contributed by atoms with Crippen LogP contribution in [0.5, 0.6) is 0 Å². The number of carboxylic acids is 1. The fourth-order valence-corrected chi connectivity index (χ4v) is 3.43. The molecule has 0 radical (unpaired) electrons. The maximum Gasteiger partial charge on any atom is 0.326 e. The van der Waals surface area contributed by atoms with E-state index in [0.717, 1.165) is 12.8 Å². The number of rotatable bonds is 2. The molecular formula is C13H19NO5. The van der Waals surface area contributed by atoms with Crippen molar-refractivity contribution in [2.75, 3.05) is 0 Å². The van der Waals surface area contributed by atoms with Gasteiger partial charge in [-0.15, -0.1) is 0 Å². The van der Waals surface area contributed by atoms with E-state index in [4.69, 9.17) is 4.74 Å². The van der Waals surface area contributed by atoms with Gasteiger partial charge in [0.2, 0.25) is 5.91 Å². The molecule has 2 rings (SSSR count). The van der Waals surface area contributed by atoms with Crippen molar-refractivity contribution in [1.29, 1.82) is 0 Å². The second-order valence-corrected chi connectivity index (χ2v) is 5.39. The number of fused-ring (bicyclic) bond motifs is 1. The van der Waals surface area contributed by atoms with Crippen LogP contribution in [0.3, 0.4) is 0 Å². The first kappa shape index (κ1) is 13.8. The standard InChI is InChI=1S/C13H19NO5/c1-7(15)14-11-6-10(19-8(2)16)4-3-9(11)5-12(14)13(17)18/h9-12H,3-6H2,1-2H3,(H,17,18)/t9-,10+,11-,12-/m0/s1. The Morgan fingerprint density at radius 1 is 1.16 bits per heavy atom. The molecule has 1 saturated carbocycles. The van der Waals surface area contributed by atoms with Gasteiger partial charge in [0.25, 0.3) is 0 Å². The van der Waals surface area contributed by atoms with Crippen LogP contribution in [-0.2, 0) is 19.1 Å². The fraction of sp³-hybridized carbons (Fsp3) is 0.769. The minimum absolute atomic E-state index is 0.114. The van der Waals surface area contributed by atoms with Crippen LogP contribution in [0.4, 0.5) is 0 Å². The van der Waals surface area contributed by atoms with Crippen LogP contribution >= 0.6 is 0 Å². The molecule has 2 fully saturated rings. The van der Waals surface area contributed by atoms with Gasteiger partial charge in [0.15, 0.2) is 0 Å². The maximum atomic E-state index is 11.7. The maximum absolute atomic E-state index is 11.7. The second-order valence-electron chi connectivity index (χ2n) is 5.39. The van der Waals surface area contributed by atoms with E-state index >= 15 is 0 Å². The molecule has 1 heterocycles. The molecule has 0 aromatic carbocycles. The van der Waals surface area contributed by atoms with Crippen LogP contribution in [0.25, 0.3) is 0 Å². The zero-order chi connectivity index (χ0) is 14.2. The highest BCUT2D eigenvalue weighted by Gasteiger charge is 2.48. The van der Waals surface area contributed by atoms with E-state index in [0.29, 0.717) is 12.8 Å². The minimum atomic E-state index is -0.950. The molecule has 1 saturated heterocycles. The number of carbonyl (C=O) groups excluding carboxylic acids is 2. The molecule has 106 valence electrons. The van der Waals surface area contributed by atoms with Gasteiger partial charge in [-0.2, -0.15) is 0 Å². The molecule has 1 N–H and O–H groups in total. The lowest BCUT2D eigenvalue weighted by atomic mass is 9.83. The Hall–Kier alpha value is -1.59. The van der Waals surface area contributed by atoms with Crippen molar-refractivity contribution in [3.63, 3.8) is 0 Å². The molecular weight excluding hydrogens is 250 g/mol. The van der Waals surface area contributed by atoms with E-state index in [2.05, 4.69) is 0 Å². The van der Waals surface area contributed by atoms with Crippen molar-refractivity contribution < 1.29 is 24.2 Å². The lowest BCUT2D eigenvalue weighted by molar-refractivity contribution is -0.152. The number of esters is 1. The Balaban J connectivity index is 2.13. The molecule has 1 aliphatic carbocycles. The molecule has 2 aliphatic rings. The normalized spacial score (nSPS) is 33.7. The Bertz CT molecular complexity index is 408. The number of ether oxygens (including phenoxy) is 1. The lowest BCUT2D eigenvalue weighted by Gasteiger charge is -2.35. The Morgan fingerprint density at radius 2 is 1.84 bits per heavy atom. The second kappa shape index (κ2) is 5.19. The van der Waals surface area contributed by atoms with Crippen molar-refractivity contribution in [2.45, 2.75) is 57.7 Å². The fourth-order valence-electron chi connectivity index (χ4n) is 3.43. The number of amides is 1. The molecule has 6 nitrogen and oxygen atoms in total. The van der Waals surface area contributed by atoms with Crippen LogP contribution in [0.1, 0.15) is 39.5 Å². The number of carbonyl (C=O) groups is 3. The first-order valence-electron chi connectivity index (χ1n) is 6.59. The average Bonchev–Trinajstić information content (AvgIpc) is 2.66. The van der Waals surface area contributed by atoms with Crippen molar-refractivity contribution in [2.24, 2.45) is 5.92 Å². The molecule has 1 amide bonds. The highest BCUT2D eigenvalue weighted by molar-refractivity contribution is 5.83. The van der Waals surface area contributed by atoms with Crippen LogP contribution in [0, 0.1) is 5.92 Å². The summed E-state index contributed by atoms with van der Waals surface area (Å²) in [5.41, 5.74) is 0. The molecule has 0 unspecified atom stereocenters. The topological polar surface area (TPSA) is 83.9 Å². The van der Waals surface area contributed by atoms with Crippen LogP contribution in [0.15, 0.2) is 0 Å². The third-order valence-corrected chi connectivity index (χ3v) is 4.11. The third kappa shape index (κ3) is 2.72. The molecule has 0 bridgehead atoms. The van der Waals surface area contributed by atoms with Crippen molar-refractivity contribution >= 4 is 17.8 Å². The van der Waals surface area contributed by atoms with Crippen LogP contribution in [0.2, 0.25) is 0 Å². The molecule has 6 heteroatoms. The van der Waals surface area contributed by atoms with E-state index in [1.807, 2.05) is 0 Å². The number of likely N-dealkylation sites (tertiary alicyclic amines) is 1. The highest BCUT2D eigenvalue weighted by Crippen LogP contribution is 2.40. The molecule has 0 aromatic heterocycles. The summed E-state index contributed by atoms with van der Waals surface area (Å²) in [4.78, 5) is 35.4. The summed E-state index contributed by atoms with van der Waals surface area (Å²) in [6.45, 7) is 2.76. The quantitative estimate of drug-likeness (QED) is 0.749. The van der Waals surface area contributed by atoms with Gasteiger partial charge >= 0.3 is 11.9 Å². The zero-order valence-electron chi connectivity index (χ0n) is 11.2. The third-order valence-electron chi connectivity index (χ3n) is 4.11.